The van der Waals surface area contributed by atoms with Gasteiger partial charge in [-0.1, -0.05) is 43.7 Å². The van der Waals surface area contributed by atoms with Gasteiger partial charge in [-0.3, -0.25) is 4.79 Å². The summed E-state index contributed by atoms with van der Waals surface area (Å²) in [6.45, 7) is 2.90. The fourth-order valence-electron chi connectivity index (χ4n) is 4.89. The van der Waals surface area contributed by atoms with Gasteiger partial charge in [0, 0.05) is 50.1 Å². The molecule has 6 heteroatoms. The van der Waals surface area contributed by atoms with Crippen LogP contribution in [0.1, 0.15) is 61.9 Å². The van der Waals surface area contributed by atoms with E-state index < -0.39 is 0 Å². The maximum absolute atomic E-state index is 12.2. The van der Waals surface area contributed by atoms with Crippen LogP contribution in [0.5, 0.6) is 5.88 Å². The molecule has 1 fully saturated rings. The predicted molar refractivity (Wildman–Crippen MR) is 123 cm³/mol. The number of amides is 1. The molecule has 0 aliphatic carbocycles. The van der Waals surface area contributed by atoms with Gasteiger partial charge in [-0.2, -0.15) is 0 Å². The number of carbonyl (C=O) groups excluding carboxylic acids is 1. The number of pyridine rings is 1. The van der Waals surface area contributed by atoms with Crippen molar-refractivity contribution in [2.45, 2.75) is 70.1 Å². The van der Waals surface area contributed by atoms with E-state index in [0.717, 1.165) is 23.4 Å². The average molecular weight is 423 g/mol. The van der Waals surface area contributed by atoms with E-state index in [0.29, 0.717) is 37.4 Å². The van der Waals surface area contributed by atoms with Crippen LogP contribution < -0.4 is 20.3 Å². The van der Waals surface area contributed by atoms with Gasteiger partial charge in [0.2, 0.25) is 11.8 Å². The molecule has 2 aliphatic rings. The van der Waals surface area contributed by atoms with Gasteiger partial charge in [0.05, 0.1) is 18.5 Å². The normalized spacial score (nSPS) is 23.5. The number of fused-ring (bicyclic) bond motifs is 1. The number of methoxy groups -OCH3 is 1. The van der Waals surface area contributed by atoms with E-state index in [2.05, 4.69) is 54.0 Å². The summed E-state index contributed by atoms with van der Waals surface area (Å²) < 4.78 is 5.60. The van der Waals surface area contributed by atoms with Crippen LogP contribution in [-0.4, -0.2) is 37.1 Å². The third-order valence-electron chi connectivity index (χ3n) is 6.62. The molecule has 31 heavy (non-hydrogen) atoms. The highest BCUT2D eigenvalue weighted by Gasteiger charge is 2.31. The molecule has 0 spiro atoms. The highest BCUT2D eigenvalue weighted by Crippen LogP contribution is 2.32. The first-order valence-corrected chi connectivity index (χ1v) is 11.5. The summed E-state index contributed by atoms with van der Waals surface area (Å²) in [4.78, 5) is 18.6. The molecule has 1 saturated heterocycles. The van der Waals surface area contributed by atoms with Crippen LogP contribution in [-0.2, 0) is 17.8 Å². The summed E-state index contributed by atoms with van der Waals surface area (Å²) in [7, 11) is 3.50. The van der Waals surface area contributed by atoms with Crippen molar-refractivity contribution in [1.82, 2.24) is 15.6 Å². The van der Waals surface area contributed by atoms with Crippen LogP contribution >= 0.6 is 0 Å². The standard InChI is InChI=1S/C25H34N4O2/c1-4-8-19-11-12-21(24(27-19)17-9-6-5-7-10-17)26-16-18-15-22-20(28-25(18)31-3)13-14-23(30)29(22)2/h5-7,9-10,15,19,21,24,26-27H,4,8,11-14,16H2,1-3H3. The van der Waals surface area contributed by atoms with Gasteiger partial charge in [-0.25, -0.2) is 4.98 Å². The number of hydrogen-bond acceptors (Lipinski definition) is 5. The van der Waals surface area contributed by atoms with Crippen LogP contribution in [0.2, 0.25) is 0 Å². The number of ether oxygens (including phenoxy) is 1. The quantitative estimate of drug-likeness (QED) is 0.711. The Morgan fingerprint density at radius 2 is 2.03 bits per heavy atom. The lowest BCUT2D eigenvalue weighted by molar-refractivity contribution is -0.118. The van der Waals surface area contributed by atoms with Gasteiger partial charge in [-0.15, -0.1) is 0 Å². The second kappa shape index (κ2) is 9.79. The highest BCUT2D eigenvalue weighted by atomic mass is 16.5. The second-order valence-corrected chi connectivity index (χ2v) is 8.68. The molecule has 1 aromatic heterocycles. The summed E-state index contributed by atoms with van der Waals surface area (Å²) in [6.07, 6.45) is 5.87. The Bertz CT molecular complexity index is 902. The smallest absolute Gasteiger partial charge is 0.227 e. The number of rotatable bonds is 7. The van der Waals surface area contributed by atoms with Crippen LogP contribution in [0, 0.1) is 0 Å². The summed E-state index contributed by atoms with van der Waals surface area (Å²) >= 11 is 0. The van der Waals surface area contributed by atoms with Crippen molar-refractivity contribution in [2.24, 2.45) is 0 Å². The molecule has 2 aliphatic heterocycles. The minimum atomic E-state index is 0.140. The molecule has 3 heterocycles. The topological polar surface area (TPSA) is 66.5 Å². The van der Waals surface area contributed by atoms with Crippen molar-refractivity contribution < 1.29 is 9.53 Å². The van der Waals surface area contributed by atoms with Gasteiger partial charge in [0.25, 0.3) is 0 Å². The number of piperidine rings is 1. The molecule has 3 atom stereocenters. The summed E-state index contributed by atoms with van der Waals surface area (Å²) in [5.41, 5.74) is 4.15. The largest absolute Gasteiger partial charge is 0.481 e. The molecule has 6 nitrogen and oxygen atoms in total. The number of anilines is 1. The molecule has 1 amide bonds. The highest BCUT2D eigenvalue weighted by molar-refractivity contribution is 5.95. The van der Waals surface area contributed by atoms with E-state index >= 15 is 0 Å². The van der Waals surface area contributed by atoms with Crippen molar-refractivity contribution in [3.63, 3.8) is 0 Å². The Morgan fingerprint density at radius 1 is 1.23 bits per heavy atom. The monoisotopic (exact) mass is 422 g/mol. The van der Waals surface area contributed by atoms with E-state index in [-0.39, 0.29) is 11.9 Å². The molecular formula is C25H34N4O2. The zero-order valence-corrected chi connectivity index (χ0v) is 18.9. The molecule has 1 aromatic carbocycles. The van der Waals surface area contributed by atoms with E-state index in [1.165, 1.54) is 24.8 Å². The van der Waals surface area contributed by atoms with Crippen LogP contribution in [0.3, 0.4) is 0 Å². The van der Waals surface area contributed by atoms with Crippen molar-refractivity contribution in [3.05, 3.63) is 53.2 Å². The number of benzene rings is 1. The molecule has 166 valence electrons. The lowest BCUT2D eigenvalue weighted by Crippen LogP contribution is -2.50. The molecule has 2 N–H and O–H groups in total. The van der Waals surface area contributed by atoms with E-state index in [4.69, 9.17) is 9.72 Å². The Balaban J connectivity index is 1.54. The summed E-state index contributed by atoms with van der Waals surface area (Å²) in [5.74, 6) is 0.791. The molecule has 0 radical (unpaired) electrons. The first kappa shape index (κ1) is 21.8. The van der Waals surface area contributed by atoms with Crippen molar-refractivity contribution in [1.29, 1.82) is 0 Å². The molecule has 4 rings (SSSR count). The van der Waals surface area contributed by atoms with E-state index in [1.807, 2.05) is 7.05 Å². The van der Waals surface area contributed by atoms with Crippen molar-refractivity contribution in [2.75, 3.05) is 19.1 Å². The number of nitrogens with one attached hydrogen (secondary N) is 2. The SMILES string of the molecule is CCCC1CCC(NCc2cc3c(nc2OC)CCC(=O)N3C)C(c2ccccc2)N1. The minimum absolute atomic E-state index is 0.140. The minimum Gasteiger partial charge on any atom is -0.481 e. The predicted octanol–water partition coefficient (Wildman–Crippen LogP) is 3.75. The molecular weight excluding hydrogens is 388 g/mol. The van der Waals surface area contributed by atoms with Gasteiger partial charge < -0.3 is 20.3 Å². The molecule has 3 unspecified atom stereocenters. The Labute approximate surface area is 185 Å². The zero-order valence-electron chi connectivity index (χ0n) is 18.9. The second-order valence-electron chi connectivity index (χ2n) is 8.68. The lowest BCUT2D eigenvalue weighted by atomic mass is 9.87. The van der Waals surface area contributed by atoms with E-state index in [1.54, 1.807) is 12.0 Å². The van der Waals surface area contributed by atoms with Crippen LogP contribution in [0.25, 0.3) is 0 Å². The third kappa shape index (κ3) is 4.75. The van der Waals surface area contributed by atoms with Gasteiger partial charge >= 0.3 is 0 Å². The van der Waals surface area contributed by atoms with Crippen LogP contribution in [0.15, 0.2) is 36.4 Å². The number of hydrogen-bond donors (Lipinski definition) is 2. The number of aryl methyl sites for hydroxylation is 1. The maximum atomic E-state index is 12.2. The Hall–Kier alpha value is -2.44. The molecule has 0 saturated carbocycles. The van der Waals surface area contributed by atoms with Crippen LogP contribution in [0.4, 0.5) is 5.69 Å². The fraction of sp³-hybridized carbons (Fsp3) is 0.520. The number of aromatic nitrogens is 1. The lowest BCUT2D eigenvalue weighted by Gasteiger charge is -2.38. The Kier molecular flexibility index (Phi) is 6.88. The fourth-order valence-corrected chi connectivity index (χ4v) is 4.89. The first-order valence-electron chi connectivity index (χ1n) is 11.5. The summed E-state index contributed by atoms with van der Waals surface area (Å²) in [6, 6.07) is 13.9. The van der Waals surface area contributed by atoms with Gasteiger partial charge in [0.15, 0.2) is 0 Å². The number of carbonyl (C=O) groups is 1. The third-order valence-corrected chi connectivity index (χ3v) is 6.62. The van der Waals surface area contributed by atoms with Gasteiger partial charge in [0.1, 0.15) is 0 Å². The first-order chi connectivity index (χ1) is 15.1. The van der Waals surface area contributed by atoms with E-state index in [9.17, 15) is 4.79 Å². The molecule has 0 bridgehead atoms. The van der Waals surface area contributed by atoms with Crippen molar-refractivity contribution in [3.8, 4) is 5.88 Å². The zero-order chi connectivity index (χ0) is 21.8. The van der Waals surface area contributed by atoms with Gasteiger partial charge in [-0.05, 0) is 30.9 Å². The Morgan fingerprint density at radius 3 is 2.77 bits per heavy atom. The average Bonchev–Trinajstić information content (AvgIpc) is 2.81. The van der Waals surface area contributed by atoms with Crippen molar-refractivity contribution >= 4 is 11.6 Å². The number of nitrogens with zero attached hydrogens (tertiary/aromatic N) is 2. The maximum Gasteiger partial charge on any atom is 0.227 e. The molecule has 2 aromatic rings. The summed E-state index contributed by atoms with van der Waals surface area (Å²) in [5, 5.41) is 7.66.